The molecule has 1 N–H and O–H groups in total. The predicted octanol–water partition coefficient (Wildman–Crippen LogP) is 4.46. The number of benzene rings is 1. The maximum Gasteiger partial charge on any atom is 0.0485 e. The summed E-state index contributed by atoms with van der Waals surface area (Å²) in [7, 11) is 2.04. The van der Waals surface area contributed by atoms with E-state index in [4.69, 9.17) is 0 Å². The molecule has 1 aliphatic carbocycles. The Labute approximate surface area is 140 Å². The molecule has 3 rings (SSSR count). The maximum absolute atomic E-state index is 3.27. The fourth-order valence-electron chi connectivity index (χ4n) is 3.46. The van der Waals surface area contributed by atoms with Gasteiger partial charge in [0.15, 0.2) is 0 Å². The summed E-state index contributed by atoms with van der Waals surface area (Å²) in [6.07, 6.45) is 7.78. The molecule has 0 spiro atoms. The van der Waals surface area contributed by atoms with Crippen LogP contribution in [-0.2, 0) is 19.4 Å². The summed E-state index contributed by atoms with van der Waals surface area (Å²) < 4.78 is 2.59. The molecule has 0 atom stereocenters. The van der Waals surface area contributed by atoms with Gasteiger partial charge < -0.3 is 9.88 Å². The minimum Gasteiger partial charge on any atom is -0.344 e. The third-order valence-electron chi connectivity index (χ3n) is 4.54. The molecular formula is C19H27ClN2. The number of hydrogen-bond acceptors (Lipinski definition) is 1. The van der Waals surface area contributed by atoms with E-state index in [1.165, 1.54) is 49.8 Å². The van der Waals surface area contributed by atoms with E-state index in [0.29, 0.717) is 0 Å². The van der Waals surface area contributed by atoms with Crippen molar-refractivity contribution in [3.63, 3.8) is 0 Å². The van der Waals surface area contributed by atoms with E-state index >= 15 is 0 Å². The van der Waals surface area contributed by atoms with Crippen LogP contribution in [-0.4, -0.2) is 18.2 Å². The topological polar surface area (TPSA) is 17.0 Å². The van der Waals surface area contributed by atoms with E-state index in [0.717, 1.165) is 13.1 Å². The van der Waals surface area contributed by atoms with Crippen molar-refractivity contribution in [2.24, 2.45) is 0 Å². The summed E-state index contributed by atoms with van der Waals surface area (Å²) in [4.78, 5) is 0. The van der Waals surface area contributed by atoms with Crippen LogP contribution in [0.3, 0.4) is 0 Å². The van der Waals surface area contributed by atoms with Crippen molar-refractivity contribution in [2.45, 2.75) is 45.1 Å². The molecule has 0 radical (unpaired) electrons. The van der Waals surface area contributed by atoms with E-state index in [1.54, 1.807) is 11.3 Å². The Balaban J connectivity index is 0.00000176. The number of aromatic nitrogens is 1. The van der Waals surface area contributed by atoms with Crippen molar-refractivity contribution in [3.05, 3.63) is 47.7 Å². The number of nitrogens with one attached hydrogen (secondary N) is 1. The molecule has 22 heavy (non-hydrogen) atoms. The summed E-state index contributed by atoms with van der Waals surface area (Å²) in [5.74, 6) is 0. The Bertz CT molecular complexity index is 575. The van der Waals surface area contributed by atoms with Gasteiger partial charge in [-0.3, -0.25) is 0 Å². The van der Waals surface area contributed by atoms with Crippen molar-refractivity contribution in [2.75, 3.05) is 13.6 Å². The Morgan fingerprint density at radius 2 is 1.82 bits per heavy atom. The van der Waals surface area contributed by atoms with Crippen molar-refractivity contribution in [1.82, 2.24) is 9.88 Å². The van der Waals surface area contributed by atoms with Crippen LogP contribution < -0.4 is 5.32 Å². The fraction of sp³-hybridized carbons (Fsp3) is 0.474. The molecule has 1 aliphatic rings. The molecule has 0 bridgehead atoms. The van der Waals surface area contributed by atoms with Gasteiger partial charge in [0, 0.05) is 17.9 Å². The van der Waals surface area contributed by atoms with Gasteiger partial charge in [-0.25, -0.2) is 0 Å². The molecule has 120 valence electrons. The minimum atomic E-state index is 0. The predicted molar refractivity (Wildman–Crippen MR) is 96.9 cm³/mol. The van der Waals surface area contributed by atoms with Crippen LogP contribution in [0, 0.1) is 0 Å². The molecule has 0 amide bonds. The second kappa shape index (κ2) is 8.40. The van der Waals surface area contributed by atoms with Crippen LogP contribution in [0.25, 0.3) is 11.3 Å². The number of halogens is 1. The highest BCUT2D eigenvalue weighted by atomic mass is 35.5. The zero-order valence-corrected chi connectivity index (χ0v) is 14.3. The smallest absolute Gasteiger partial charge is 0.0485 e. The van der Waals surface area contributed by atoms with Crippen LogP contribution in [0.4, 0.5) is 0 Å². The minimum absolute atomic E-state index is 0. The molecule has 2 aromatic rings. The van der Waals surface area contributed by atoms with E-state index in [1.807, 2.05) is 7.05 Å². The zero-order valence-electron chi connectivity index (χ0n) is 13.5. The SMILES string of the molecule is CNCCCn1c(-c2ccccc2)cc2c1CCCCC2.Cl. The molecule has 0 saturated heterocycles. The summed E-state index contributed by atoms with van der Waals surface area (Å²) in [5, 5.41) is 3.27. The maximum atomic E-state index is 3.27. The van der Waals surface area contributed by atoms with Crippen molar-refractivity contribution in [3.8, 4) is 11.3 Å². The van der Waals surface area contributed by atoms with Crippen LogP contribution >= 0.6 is 12.4 Å². The Morgan fingerprint density at radius 1 is 1.05 bits per heavy atom. The van der Waals surface area contributed by atoms with Crippen molar-refractivity contribution < 1.29 is 0 Å². The summed E-state index contributed by atoms with van der Waals surface area (Å²) in [5.41, 5.74) is 5.96. The van der Waals surface area contributed by atoms with Crippen LogP contribution in [0.15, 0.2) is 36.4 Å². The summed E-state index contributed by atoms with van der Waals surface area (Å²) >= 11 is 0. The van der Waals surface area contributed by atoms with Gasteiger partial charge in [0.1, 0.15) is 0 Å². The molecule has 1 heterocycles. The highest BCUT2D eigenvalue weighted by molar-refractivity contribution is 5.85. The standard InChI is InChI=1S/C19H26N2.ClH/c1-20-13-8-14-21-18-12-7-3-6-11-17(18)15-19(21)16-9-4-2-5-10-16;/h2,4-5,9-10,15,20H,3,6-8,11-14H2,1H3;1H. The molecule has 1 aromatic heterocycles. The Morgan fingerprint density at radius 3 is 2.59 bits per heavy atom. The first-order valence-corrected chi connectivity index (χ1v) is 8.31. The molecule has 0 aliphatic heterocycles. The van der Waals surface area contributed by atoms with Gasteiger partial charge >= 0.3 is 0 Å². The monoisotopic (exact) mass is 318 g/mol. The van der Waals surface area contributed by atoms with E-state index in [9.17, 15) is 0 Å². The summed E-state index contributed by atoms with van der Waals surface area (Å²) in [6, 6.07) is 13.3. The van der Waals surface area contributed by atoms with Crippen molar-refractivity contribution >= 4 is 12.4 Å². The molecule has 0 fully saturated rings. The number of nitrogens with zero attached hydrogens (tertiary/aromatic N) is 1. The van der Waals surface area contributed by atoms with Gasteiger partial charge in [0.05, 0.1) is 0 Å². The van der Waals surface area contributed by atoms with Gasteiger partial charge in [-0.05, 0) is 62.9 Å². The number of hydrogen-bond donors (Lipinski definition) is 1. The van der Waals surface area contributed by atoms with E-state index in [2.05, 4.69) is 46.3 Å². The quantitative estimate of drug-likeness (QED) is 0.636. The van der Waals surface area contributed by atoms with Crippen LogP contribution in [0.2, 0.25) is 0 Å². The lowest BCUT2D eigenvalue weighted by Crippen LogP contribution is -2.13. The molecule has 3 heteroatoms. The molecule has 0 unspecified atom stereocenters. The average Bonchev–Trinajstić information content (AvgIpc) is 2.70. The molecular weight excluding hydrogens is 292 g/mol. The second-order valence-electron chi connectivity index (χ2n) is 6.04. The average molecular weight is 319 g/mol. The van der Waals surface area contributed by atoms with Crippen LogP contribution in [0.5, 0.6) is 0 Å². The zero-order chi connectivity index (χ0) is 14.5. The second-order valence-corrected chi connectivity index (χ2v) is 6.04. The van der Waals surface area contributed by atoms with E-state index in [-0.39, 0.29) is 12.4 Å². The van der Waals surface area contributed by atoms with Crippen molar-refractivity contribution in [1.29, 1.82) is 0 Å². The highest BCUT2D eigenvalue weighted by Gasteiger charge is 2.17. The number of fused-ring (bicyclic) bond motifs is 1. The third kappa shape index (κ3) is 3.74. The first-order chi connectivity index (χ1) is 10.4. The summed E-state index contributed by atoms with van der Waals surface area (Å²) in [6.45, 7) is 2.21. The van der Waals surface area contributed by atoms with Gasteiger partial charge in [-0.2, -0.15) is 0 Å². The lowest BCUT2D eigenvalue weighted by molar-refractivity contribution is 0.593. The van der Waals surface area contributed by atoms with Gasteiger partial charge in [0.25, 0.3) is 0 Å². The third-order valence-corrected chi connectivity index (χ3v) is 4.54. The van der Waals surface area contributed by atoms with Gasteiger partial charge in [-0.15, -0.1) is 12.4 Å². The first kappa shape index (κ1) is 17.1. The number of rotatable bonds is 5. The lowest BCUT2D eigenvalue weighted by atomic mass is 10.1. The molecule has 0 saturated carbocycles. The van der Waals surface area contributed by atoms with Gasteiger partial charge in [0.2, 0.25) is 0 Å². The fourth-order valence-corrected chi connectivity index (χ4v) is 3.46. The van der Waals surface area contributed by atoms with E-state index < -0.39 is 0 Å². The Kier molecular flexibility index (Phi) is 6.53. The number of aryl methyl sites for hydroxylation is 1. The molecule has 1 aromatic carbocycles. The highest BCUT2D eigenvalue weighted by Crippen LogP contribution is 2.30. The largest absolute Gasteiger partial charge is 0.344 e. The lowest BCUT2D eigenvalue weighted by Gasteiger charge is -2.14. The first-order valence-electron chi connectivity index (χ1n) is 8.31. The normalized spacial score (nSPS) is 14.0. The molecule has 2 nitrogen and oxygen atoms in total. The van der Waals surface area contributed by atoms with Crippen LogP contribution in [0.1, 0.15) is 36.9 Å². The van der Waals surface area contributed by atoms with Gasteiger partial charge in [-0.1, -0.05) is 36.8 Å². The Hall–Kier alpha value is -1.25.